The van der Waals surface area contributed by atoms with Crippen molar-refractivity contribution in [3.05, 3.63) is 24.0 Å². The van der Waals surface area contributed by atoms with Gasteiger partial charge in [0.2, 0.25) is 0 Å². The molecular weight excluding hydrogens is 244 g/mol. The number of carbonyl (C=O) groups is 1. The molecule has 0 aliphatic heterocycles. The number of imidazole rings is 1. The minimum Gasteiger partial charge on any atom is -0.480 e. The number of likely N-dealkylation sites (N-methyl/N-ethyl adjacent to an activating group) is 1. The molecule has 3 N–H and O–H groups in total. The van der Waals surface area contributed by atoms with Gasteiger partial charge >= 0.3 is 5.97 Å². The molecule has 0 aliphatic carbocycles. The van der Waals surface area contributed by atoms with E-state index in [1.807, 2.05) is 36.7 Å². The Morgan fingerprint density at radius 1 is 1.53 bits per heavy atom. The second-order valence-electron chi connectivity index (χ2n) is 4.48. The van der Waals surface area contributed by atoms with E-state index in [1.165, 1.54) is 0 Å². The summed E-state index contributed by atoms with van der Waals surface area (Å²) in [5, 5.41) is 14.8. The number of nitrogens with zero attached hydrogens (tertiary/aromatic N) is 2. The van der Waals surface area contributed by atoms with Gasteiger partial charge in [0.25, 0.3) is 0 Å². The molecule has 1 aromatic heterocycles. The van der Waals surface area contributed by atoms with Gasteiger partial charge in [-0.05, 0) is 32.2 Å². The third-order valence-corrected chi connectivity index (χ3v) is 3.26. The van der Waals surface area contributed by atoms with E-state index in [0.717, 1.165) is 22.5 Å². The Bertz CT molecular complexity index is 606. The van der Waals surface area contributed by atoms with E-state index in [-0.39, 0.29) is 0 Å². The van der Waals surface area contributed by atoms with Crippen molar-refractivity contribution in [2.75, 3.05) is 18.9 Å². The minimum atomic E-state index is -0.871. The largest absolute Gasteiger partial charge is 0.480 e. The highest BCUT2D eigenvalue weighted by Crippen LogP contribution is 2.19. The second kappa shape index (κ2) is 5.27. The zero-order valence-electron chi connectivity index (χ0n) is 11.3. The first kappa shape index (κ1) is 13.4. The van der Waals surface area contributed by atoms with Crippen LogP contribution < -0.4 is 10.6 Å². The molecule has 1 heterocycles. The molecule has 1 atom stereocenters. The third kappa shape index (κ3) is 2.68. The Labute approximate surface area is 111 Å². The van der Waals surface area contributed by atoms with Crippen molar-refractivity contribution in [3.63, 3.8) is 0 Å². The zero-order valence-corrected chi connectivity index (χ0v) is 11.3. The maximum absolute atomic E-state index is 10.9. The molecule has 6 nitrogen and oxygen atoms in total. The Morgan fingerprint density at radius 3 is 2.89 bits per heavy atom. The van der Waals surface area contributed by atoms with Crippen molar-refractivity contribution >= 4 is 22.7 Å². The van der Waals surface area contributed by atoms with Gasteiger partial charge in [-0.15, -0.1) is 0 Å². The molecule has 0 bridgehead atoms. The van der Waals surface area contributed by atoms with Crippen molar-refractivity contribution in [2.45, 2.75) is 13.0 Å². The van der Waals surface area contributed by atoms with Crippen molar-refractivity contribution in [1.82, 2.24) is 14.9 Å². The first-order valence-electron chi connectivity index (χ1n) is 6.10. The molecule has 2 aromatic rings. The number of nitrogens with one attached hydrogen (secondary N) is 2. The van der Waals surface area contributed by atoms with E-state index in [9.17, 15) is 4.79 Å². The fourth-order valence-corrected chi connectivity index (χ4v) is 1.96. The van der Waals surface area contributed by atoms with Crippen molar-refractivity contribution in [3.8, 4) is 0 Å². The van der Waals surface area contributed by atoms with Crippen LogP contribution in [0.25, 0.3) is 11.0 Å². The number of hydrogen-bond donors (Lipinski definition) is 3. The molecule has 1 aromatic carbocycles. The number of benzene rings is 1. The fourth-order valence-electron chi connectivity index (χ4n) is 1.96. The predicted octanol–water partition coefficient (Wildman–Crippen LogP) is 0.966. The lowest BCUT2D eigenvalue weighted by Gasteiger charge is -2.13. The van der Waals surface area contributed by atoms with Crippen LogP contribution in [0.15, 0.2) is 18.2 Å². The van der Waals surface area contributed by atoms with E-state index < -0.39 is 12.0 Å². The van der Waals surface area contributed by atoms with E-state index in [0.29, 0.717) is 6.54 Å². The molecule has 0 amide bonds. The van der Waals surface area contributed by atoms with Gasteiger partial charge in [0.05, 0.1) is 11.0 Å². The summed E-state index contributed by atoms with van der Waals surface area (Å²) in [5.41, 5.74) is 2.83. The van der Waals surface area contributed by atoms with E-state index in [4.69, 9.17) is 5.11 Å². The number of hydrogen-bond acceptors (Lipinski definition) is 4. The van der Waals surface area contributed by atoms with Crippen molar-refractivity contribution in [1.29, 1.82) is 0 Å². The SMILES string of the molecule is CNC(CNc1ccc2c(c1)nc(C)n2C)C(=O)O. The zero-order chi connectivity index (χ0) is 14.0. The lowest BCUT2D eigenvalue weighted by molar-refractivity contribution is -0.138. The molecule has 2 rings (SSSR count). The van der Waals surface area contributed by atoms with Crippen LogP contribution >= 0.6 is 0 Å². The first-order chi connectivity index (χ1) is 9.02. The van der Waals surface area contributed by atoms with Crippen LogP contribution in [-0.2, 0) is 11.8 Å². The van der Waals surface area contributed by atoms with E-state index in [1.54, 1.807) is 7.05 Å². The van der Waals surface area contributed by atoms with Gasteiger partial charge in [-0.3, -0.25) is 4.79 Å². The lowest BCUT2D eigenvalue weighted by Crippen LogP contribution is -2.39. The standard InChI is InChI=1S/C13H18N4O2/c1-8-16-10-6-9(4-5-12(10)17(8)3)15-7-11(14-2)13(18)19/h4-6,11,14-15H,7H2,1-3H3,(H,18,19). The number of aliphatic carboxylic acids is 1. The van der Waals surface area contributed by atoms with Gasteiger partial charge in [0, 0.05) is 19.3 Å². The summed E-state index contributed by atoms with van der Waals surface area (Å²) < 4.78 is 2.02. The third-order valence-electron chi connectivity index (χ3n) is 3.26. The lowest BCUT2D eigenvalue weighted by atomic mass is 10.2. The highest BCUT2D eigenvalue weighted by molar-refractivity contribution is 5.80. The number of aryl methyl sites for hydroxylation is 2. The second-order valence-corrected chi connectivity index (χ2v) is 4.48. The summed E-state index contributed by atoms with van der Waals surface area (Å²) in [5.74, 6) is 0.0792. The molecule has 1 unspecified atom stereocenters. The number of carboxylic acids is 1. The summed E-state index contributed by atoms with van der Waals surface area (Å²) in [4.78, 5) is 15.3. The summed E-state index contributed by atoms with van der Waals surface area (Å²) in [7, 11) is 3.60. The molecule has 19 heavy (non-hydrogen) atoms. The molecule has 6 heteroatoms. The summed E-state index contributed by atoms with van der Waals surface area (Å²) in [6.45, 7) is 2.28. The normalized spacial score (nSPS) is 12.6. The molecule has 102 valence electrons. The molecule has 0 saturated carbocycles. The molecule has 0 fully saturated rings. The van der Waals surface area contributed by atoms with Crippen LogP contribution in [-0.4, -0.2) is 40.3 Å². The van der Waals surface area contributed by atoms with Gasteiger partial charge in [0.1, 0.15) is 11.9 Å². The summed E-state index contributed by atoms with van der Waals surface area (Å²) >= 11 is 0. The van der Waals surface area contributed by atoms with Crippen LogP contribution in [0, 0.1) is 6.92 Å². The smallest absolute Gasteiger partial charge is 0.322 e. The topological polar surface area (TPSA) is 79.2 Å². The maximum atomic E-state index is 10.9. The fraction of sp³-hybridized carbons (Fsp3) is 0.385. The highest BCUT2D eigenvalue weighted by Gasteiger charge is 2.14. The Balaban J connectivity index is 2.16. The first-order valence-corrected chi connectivity index (χ1v) is 6.10. The Kier molecular flexibility index (Phi) is 3.71. The molecular formula is C13H18N4O2. The molecule has 0 aliphatic rings. The van der Waals surface area contributed by atoms with Gasteiger partial charge in [-0.1, -0.05) is 0 Å². The number of fused-ring (bicyclic) bond motifs is 1. The van der Waals surface area contributed by atoms with Gasteiger partial charge in [-0.25, -0.2) is 4.98 Å². The van der Waals surface area contributed by atoms with Crippen molar-refractivity contribution in [2.24, 2.45) is 7.05 Å². The van der Waals surface area contributed by atoms with Crippen LogP contribution in [0.2, 0.25) is 0 Å². The number of carboxylic acid groups (broad SMARTS) is 1. The summed E-state index contributed by atoms with van der Waals surface area (Å²) in [6, 6.07) is 5.23. The minimum absolute atomic E-state index is 0.323. The summed E-state index contributed by atoms with van der Waals surface area (Å²) in [6.07, 6.45) is 0. The van der Waals surface area contributed by atoms with Crippen molar-refractivity contribution < 1.29 is 9.90 Å². The van der Waals surface area contributed by atoms with Gasteiger partial charge < -0.3 is 20.3 Å². The van der Waals surface area contributed by atoms with Crippen LogP contribution in [0.1, 0.15) is 5.82 Å². The average Bonchev–Trinajstić information content (AvgIpc) is 2.65. The maximum Gasteiger partial charge on any atom is 0.322 e. The quantitative estimate of drug-likeness (QED) is 0.748. The van der Waals surface area contributed by atoms with E-state index >= 15 is 0 Å². The van der Waals surface area contributed by atoms with Gasteiger partial charge in [-0.2, -0.15) is 0 Å². The highest BCUT2D eigenvalue weighted by atomic mass is 16.4. The monoisotopic (exact) mass is 262 g/mol. The Morgan fingerprint density at radius 2 is 2.26 bits per heavy atom. The number of aromatic nitrogens is 2. The molecule has 0 radical (unpaired) electrons. The van der Waals surface area contributed by atoms with Crippen LogP contribution in [0.4, 0.5) is 5.69 Å². The Hall–Kier alpha value is -2.08. The van der Waals surface area contributed by atoms with Gasteiger partial charge in [0.15, 0.2) is 0 Å². The average molecular weight is 262 g/mol. The number of anilines is 1. The van der Waals surface area contributed by atoms with Crippen LogP contribution in [0.5, 0.6) is 0 Å². The van der Waals surface area contributed by atoms with Crippen LogP contribution in [0.3, 0.4) is 0 Å². The van der Waals surface area contributed by atoms with E-state index in [2.05, 4.69) is 15.6 Å². The number of rotatable bonds is 5. The molecule has 0 saturated heterocycles. The predicted molar refractivity (Wildman–Crippen MR) is 74.4 cm³/mol. The molecule has 0 spiro atoms.